The van der Waals surface area contributed by atoms with Crippen molar-refractivity contribution >= 4 is 29.0 Å². The maximum atomic E-state index is 14.8. The van der Waals surface area contributed by atoms with Gasteiger partial charge in [-0.15, -0.1) is 0 Å². The van der Waals surface area contributed by atoms with Crippen molar-refractivity contribution in [3.63, 3.8) is 0 Å². The van der Waals surface area contributed by atoms with Crippen LogP contribution in [0.3, 0.4) is 0 Å². The number of amides is 2. The van der Waals surface area contributed by atoms with Gasteiger partial charge in [0.15, 0.2) is 11.8 Å². The molecule has 6 rings (SSSR count). The fourth-order valence-electron chi connectivity index (χ4n) is 8.27. The zero-order valence-electron chi connectivity index (χ0n) is 43.4. The molecule has 0 aliphatic rings. The van der Waals surface area contributed by atoms with Crippen LogP contribution in [0.4, 0.5) is 11.4 Å². The van der Waals surface area contributed by atoms with E-state index in [0.717, 1.165) is 51.0 Å². The minimum atomic E-state index is -1.88. The zero-order chi connectivity index (χ0) is 51.2. The number of hydrogen-bond acceptors (Lipinski definition) is 6. The summed E-state index contributed by atoms with van der Waals surface area (Å²) < 4.78 is 9.69. The van der Waals surface area contributed by atoms with Gasteiger partial charge in [-0.25, -0.2) is 23.5 Å². The number of ketones is 1. The monoisotopic (exact) mass is 948 g/mol. The molecule has 370 valence electrons. The molecule has 2 N–H and O–H groups in total. The van der Waals surface area contributed by atoms with E-state index >= 15 is 0 Å². The van der Waals surface area contributed by atoms with Crippen LogP contribution in [0.1, 0.15) is 159 Å². The van der Waals surface area contributed by atoms with Gasteiger partial charge in [-0.3, -0.25) is 14.4 Å². The fourth-order valence-corrected chi connectivity index (χ4v) is 8.27. The van der Waals surface area contributed by atoms with E-state index in [9.17, 15) is 24.0 Å². The summed E-state index contributed by atoms with van der Waals surface area (Å²) in [6.07, 6.45) is 2.61. The number of anilines is 2. The molecule has 1 atom stereocenters. The van der Waals surface area contributed by atoms with Gasteiger partial charge in [-0.05, 0) is 93.0 Å². The summed E-state index contributed by atoms with van der Waals surface area (Å²) in [5, 5.41) is 5.70. The molecule has 0 bridgehead atoms. The Kier molecular flexibility index (Phi) is 16.2. The molecule has 1 aromatic heterocycles. The van der Waals surface area contributed by atoms with E-state index in [2.05, 4.69) is 112 Å². The number of ether oxygens (including phenoxy) is 1. The van der Waals surface area contributed by atoms with E-state index in [1.165, 1.54) is 14.9 Å². The lowest BCUT2D eigenvalue weighted by atomic mass is 9.76. The summed E-state index contributed by atoms with van der Waals surface area (Å²) in [6, 6.07) is 35.0. The molecule has 6 aromatic rings. The quantitative estimate of drug-likeness (QED) is 0.0472. The third-order valence-electron chi connectivity index (χ3n) is 13.7. The maximum Gasteiger partial charge on any atom is 0.348 e. The number of benzene rings is 5. The maximum absolute atomic E-state index is 14.8. The SMILES string of the molecule is CCC(C)(C)c1ccc(OCCCC(=O)Nc2cccc(NC(=O)C(C(=O)c3ccccc3)n3c(=O)n(Cc4ccc(C(C)(C)C)cc4)n(Cc4ccc(C(C)(C)C)cc4)c3=O)c2)c(C(C)(C)CC)c1. The number of rotatable bonds is 19. The Balaban J connectivity index is 1.25. The molecule has 1 heterocycles. The van der Waals surface area contributed by atoms with Gasteiger partial charge in [0.25, 0.3) is 5.91 Å². The lowest BCUT2D eigenvalue weighted by Crippen LogP contribution is -2.43. The molecular formula is C59H73N5O6. The molecule has 0 spiro atoms. The van der Waals surface area contributed by atoms with Crippen LogP contribution < -0.4 is 26.7 Å². The second-order valence-corrected chi connectivity index (χ2v) is 21.8. The number of Topliss-reactive ketones (excluding diaryl/α,β-unsaturated/α-hetero) is 1. The number of nitrogens with one attached hydrogen (secondary N) is 2. The Morgan fingerprint density at radius 3 is 1.57 bits per heavy atom. The smallest absolute Gasteiger partial charge is 0.348 e. The van der Waals surface area contributed by atoms with Gasteiger partial charge in [-0.1, -0.05) is 180 Å². The largest absolute Gasteiger partial charge is 0.493 e. The van der Waals surface area contributed by atoms with Crippen molar-refractivity contribution in [3.8, 4) is 5.75 Å². The van der Waals surface area contributed by atoms with Crippen LogP contribution in [-0.4, -0.2) is 38.1 Å². The van der Waals surface area contributed by atoms with Crippen LogP contribution in [0.15, 0.2) is 131 Å². The van der Waals surface area contributed by atoms with Crippen LogP contribution in [0.5, 0.6) is 5.75 Å². The first-order valence-electron chi connectivity index (χ1n) is 24.6. The van der Waals surface area contributed by atoms with Gasteiger partial charge in [0, 0.05) is 28.9 Å². The molecule has 11 nitrogen and oxygen atoms in total. The van der Waals surface area contributed by atoms with E-state index in [-0.39, 0.29) is 58.3 Å². The highest BCUT2D eigenvalue weighted by Gasteiger charge is 2.36. The highest BCUT2D eigenvalue weighted by atomic mass is 16.5. The predicted octanol–water partition coefficient (Wildman–Crippen LogP) is 11.7. The van der Waals surface area contributed by atoms with Gasteiger partial charge in [0.1, 0.15) is 5.75 Å². The van der Waals surface area contributed by atoms with E-state index < -0.39 is 29.1 Å². The third kappa shape index (κ3) is 12.5. The first kappa shape index (κ1) is 52.6. The molecule has 2 amide bonds. The molecule has 0 fully saturated rings. The van der Waals surface area contributed by atoms with Crippen LogP contribution in [0.2, 0.25) is 0 Å². The third-order valence-corrected chi connectivity index (χ3v) is 13.7. The van der Waals surface area contributed by atoms with Gasteiger partial charge in [-0.2, -0.15) is 0 Å². The zero-order valence-corrected chi connectivity index (χ0v) is 43.4. The Hall–Kier alpha value is -6.75. The summed E-state index contributed by atoms with van der Waals surface area (Å²) in [6.45, 7) is 26.4. The Labute approximate surface area is 414 Å². The van der Waals surface area contributed by atoms with Gasteiger partial charge in [0.2, 0.25) is 5.91 Å². The summed E-state index contributed by atoms with van der Waals surface area (Å²) in [5.41, 5.74) is 5.09. The first-order chi connectivity index (χ1) is 32.9. The Morgan fingerprint density at radius 2 is 1.07 bits per heavy atom. The highest BCUT2D eigenvalue weighted by Crippen LogP contribution is 2.38. The minimum Gasteiger partial charge on any atom is -0.493 e. The molecule has 0 saturated carbocycles. The molecule has 1 unspecified atom stereocenters. The lowest BCUT2D eigenvalue weighted by Gasteiger charge is -2.30. The average molecular weight is 948 g/mol. The van der Waals surface area contributed by atoms with Crippen molar-refractivity contribution in [3.05, 3.63) is 181 Å². The predicted molar refractivity (Wildman–Crippen MR) is 283 cm³/mol. The molecule has 70 heavy (non-hydrogen) atoms. The summed E-state index contributed by atoms with van der Waals surface area (Å²) in [7, 11) is 0. The van der Waals surface area contributed by atoms with Crippen LogP contribution in [0, 0.1) is 0 Å². The van der Waals surface area contributed by atoms with E-state index in [0.29, 0.717) is 18.7 Å². The summed E-state index contributed by atoms with van der Waals surface area (Å²) >= 11 is 0. The van der Waals surface area contributed by atoms with Crippen molar-refractivity contribution in [2.24, 2.45) is 0 Å². The average Bonchev–Trinajstić information content (AvgIpc) is 3.53. The van der Waals surface area contributed by atoms with E-state index in [1.54, 1.807) is 54.6 Å². The fraction of sp³-hybridized carbons (Fsp3) is 0.407. The van der Waals surface area contributed by atoms with E-state index in [1.807, 2.05) is 48.5 Å². The number of hydrogen-bond donors (Lipinski definition) is 2. The molecule has 11 heteroatoms. The molecule has 0 aliphatic carbocycles. The summed E-state index contributed by atoms with van der Waals surface area (Å²) in [4.78, 5) is 71.9. The minimum absolute atomic E-state index is 0.00993. The molecule has 0 radical (unpaired) electrons. The van der Waals surface area contributed by atoms with Crippen molar-refractivity contribution in [2.45, 2.75) is 150 Å². The van der Waals surface area contributed by atoms with Crippen molar-refractivity contribution in [1.29, 1.82) is 0 Å². The standard InChI is InChI=1S/C59H73N5O6/c1-13-58(9,10)45-33-34-49(48(36-45)59(11,12)14-2)70-35-19-24-50(65)60-46-22-18-23-47(37-46)61-53(67)51(52(66)42-20-16-15-17-21-42)64-54(68)62(38-40-25-29-43(30-26-40)56(3,4)5)63(55(64)69)39-41-27-31-44(32-28-41)57(6,7)8/h15-18,20-23,25-34,36-37,51H,13-14,19,24,35,38-39H2,1-12H3,(H,60,65)(H,61,67). The molecule has 5 aromatic carbocycles. The van der Waals surface area contributed by atoms with Crippen LogP contribution in [-0.2, 0) is 44.3 Å². The van der Waals surface area contributed by atoms with Crippen molar-refractivity contribution < 1.29 is 19.1 Å². The van der Waals surface area contributed by atoms with E-state index in [4.69, 9.17) is 4.74 Å². The van der Waals surface area contributed by atoms with Gasteiger partial charge < -0.3 is 15.4 Å². The second kappa shape index (κ2) is 21.5. The topological polar surface area (TPSA) is 133 Å². The normalized spacial score (nSPS) is 12.6. The Bertz CT molecular complexity index is 2820. The number of nitrogens with zero attached hydrogens (tertiary/aromatic N) is 3. The van der Waals surface area contributed by atoms with Gasteiger partial charge in [0.05, 0.1) is 19.7 Å². The molecular weight excluding hydrogens is 875 g/mol. The van der Waals surface area contributed by atoms with Gasteiger partial charge >= 0.3 is 11.4 Å². The highest BCUT2D eigenvalue weighted by molar-refractivity contribution is 6.15. The Morgan fingerprint density at radius 1 is 0.571 bits per heavy atom. The van der Waals surface area contributed by atoms with Crippen molar-refractivity contribution in [2.75, 3.05) is 17.2 Å². The second-order valence-electron chi connectivity index (χ2n) is 21.8. The van der Waals surface area contributed by atoms with Crippen molar-refractivity contribution in [1.82, 2.24) is 13.9 Å². The number of aromatic nitrogens is 3. The summed E-state index contributed by atoms with van der Waals surface area (Å²) in [5.74, 6) is -1.04. The molecule has 0 saturated heterocycles. The molecule has 0 aliphatic heterocycles. The first-order valence-corrected chi connectivity index (χ1v) is 24.6. The van der Waals surface area contributed by atoms with Crippen LogP contribution >= 0.6 is 0 Å². The lowest BCUT2D eigenvalue weighted by molar-refractivity contribution is -0.118. The number of carbonyl (C=O) groups is 3. The van der Waals surface area contributed by atoms with Crippen LogP contribution in [0.25, 0.3) is 0 Å². The number of carbonyl (C=O) groups excluding carboxylic acids is 3.